The number of amides is 1. The van der Waals surface area contributed by atoms with E-state index in [0.717, 1.165) is 31.2 Å². The van der Waals surface area contributed by atoms with E-state index in [0.29, 0.717) is 5.92 Å². The van der Waals surface area contributed by atoms with E-state index in [9.17, 15) is 4.79 Å². The van der Waals surface area contributed by atoms with Crippen LogP contribution >= 0.6 is 23.2 Å². The average molecular weight is 329 g/mol. The van der Waals surface area contributed by atoms with E-state index >= 15 is 0 Å². The second-order valence-electron chi connectivity index (χ2n) is 5.90. The number of nitrogens with zero attached hydrogens (tertiary/aromatic N) is 2. The number of benzene rings is 1. The van der Waals surface area contributed by atoms with E-state index in [4.69, 9.17) is 23.2 Å². The summed E-state index contributed by atoms with van der Waals surface area (Å²) in [6.07, 6.45) is 0. The van der Waals surface area contributed by atoms with Gasteiger partial charge in [0.05, 0.1) is 0 Å². The third-order valence-corrected chi connectivity index (χ3v) is 4.47. The zero-order chi connectivity index (χ0) is 15.4. The SMILES string of the molecule is CC(C)[C@@H]1CN(Cc2cccc(Cl)c2)CCN1C(=O)CCl. The van der Waals surface area contributed by atoms with Crippen molar-refractivity contribution in [2.45, 2.75) is 26.4 Å². The molecule has 0 unspecified atom stereocenters. The van der Waals surface area contributed by atoms with E-state index in [2.05, 4.69) is 24.8 Å². The lowest BCUT2D eigenvalue weighted by Gasteiger charge is -2.43. The quantitative estimate of drug-likeness (QED) is 0.792. The van der Waals surface area contributed by atoms with E-state index in [1.165, 1.54) is 5.56 Å². The minimum absolute atomic E-state index is 0.0396. The van der Waals surface area contributed by atoms with Crippen molar-refractivity contribution in [2.24, 2.45) is 5.92 Å². The molecule has 0 spiro atoms. The normalized spacial score (nSPS) is 20.0. The van der Waals surface area contributed by atoms with Gasteiger partial charge in [-0.1, -0.05) is 37.6 Å². The first-order valence-electron chi connectivity index (χ1n) is 7.33. The summed E-state index contributed by atoms with van der Waals surface area (Å²) in [5.41, 5.74) is 1.21. The summed E-state index contributed by atoms with van der Waals surface area (Å²) in [5.74, 6) is 0.523. The Morgan fingerprint density at radius 1 is 1.38 bits per heavy atom. The minimum Gasteiger partial charge on any atom is -0.336 e. The fourth-order valence-electron chi connectivity index (χ4n) is 2.86. The lowest BCUT2D eigenvalue weighted by atomic mass is 9.99. The maximum absolute atomic E-state index is 11.9. The molecule has 1 aliphatic rings. The number of halogens is 2. The van der Waals surface area contributed by atoms with Gasteiger partial charge in [-0.15, -0.1) is 11.6 Å². The molecule has 2 rings (SSSR count). The maximum atomic E-state index is 11.9. The Kier molecular flexibility index (Phi) is 5.91. The molecule has 1 fully saturated rings. The standard InChI is InChI=1S/C16H22Cl2N2O/c1-12(2)15-11-19(6-7-20(15)16(21)9-17)10-13-4-3-5-14(18)8-13/h3-5,8,12,15H,6-7,9-11H2,1-2H3/t15-/m0/s1. The van der Waals surface area contributed by atoms with Crippen molar-refractivity contribution in [3.8, 4) is 0 Å². The molecule has 0 aliphatic carbocycles. The van der Waals surface area contributed by atoms with E-state index in [-0.39, 0.29) is 17.8 Å². The number of hydrogen-bond acceptors (Lipinski definition) is 2. The van der Waals surface area contributed by atoms with Crippen LogP contribution in [-0.2, 0) is 11.3 Å². The molecule has 5 heteroatoms. The molecule has 1 atom stereocenters. The zero-order valence-corrected chi connectivity index (χ0v) is 14.1. The second-order valence-corrected chi connectivity index (χ2v) is 6.60. The number of piperazine rings is 1. The van der Waals surface area contributed by atoms with Crippen LogP contribution in [-0.4, -0.2) is 47.3 Å². The fraction of sp³-hybridized carbons (Fsp3) is 0.562. The predicted octanol–water partition coefficient (Wildman–Crippen LogP) is 3.25. The van der Waals surface area contributed by atoms with Crippen molar-refractivity contribution in [3.63, 3.8) is 0 Å². The lowest BCUT2D eigenvalue weighted by molar-refractivity contribution is -0.134. The number of hydrogen-bond donors (Lipinski definition) is 0. The van der Waals surface area contributed by atoms with Crippen molar-refractivity contribution in [1.29, 1.82) is 0 Å². The van der Waals surface area contributed by atoms with Gasteiger partial charge in [0.2, 0.25) is 5.91 Å². The smallest absolute Gasteiger partial charge is 0.237 e. The number of alkyl halides is 1. The van der Waals surface area contributed by atoms with Crippen LogP contribution in [0.5, 0.6) is 0 Å². The summed E-state index contributed by atoms with van der Waals surface area (Å²) in [4.78, 5) is 16.3. The second kappa shape index (κ2) is 7.48. The van der Waals surface area contributed by atoms with Gasteiger partial charge in [0, 0.05) is 37.2 Å². The zero-order valence-electron chi connectivity index (χ0n) is 12.6. The molecule has 1 aliphatic heterocycles. The van der Waals surface area contributed by atoms with Gasteiger partial charge in [0.25, 0.3) is 0 Å². The Balaban J connectivity index is 2.03. The molecular weight excluding hydrogens is 307 g/mol. The highest BCUT2D eigenvalue weighted by atomic mass is 35.5. The molecule has 21 heavy (non-hydrogen) atoms. The molecule has 1 aromatic rings. The monoisotopic (exact) mass is 328 g/mol. The van der Waals surface area contributed by atoms with Crippen LogP contribution in [0.4, 0.5) is 0 Å². The third-order valence-electron chi connectivity index (χ3n) is 4.00. The number of carbonyl (C=O) groups is 1. The van der Waals surface area contributed by atoms with Gasteiger partial charge < -0.3 is 4.90 Å². The number of carbonyl (C=O) groups excluding carboxylic acids is 1. The molecule has 0 bridgehead atoms. The average Bonchev–Trinajstić information content (AvgIpc) is 2.46. The molecule has 116 valence electrons. The van der Waals surface area contributed by atoms with Crippen molar-refractivity contribution >= 4 is 29.1 Å². The van der Waals surface area contributed by atoms with Gasteiger partial charge in [-0.3, -0.25) is 9.69 Å². The van der Waals surface area contributed by atoms with Crippen molar-refractivity contribution in [1.82, 2.24) is 9.80 Å². The molecule has 1 amide bonds. The van der Waals surface area contributed by atoms with Gasteiger partial charge in [-0.05, 0) is 23.6 Å². The van der Waals surface area contributed by atoms with Crippen LogP contribution in [0.1, 0.15) is 19.4 Å². The van der Waals surface area contributed by atoms with Crippen LogP contribution in [0, 0.1) is 5.92 Å². The summed E-state index contributed by atoms with van der Waals surface area (Å²) >= 11 is 11.8. The molecule has 1 saturated heterocycles. The van der Waals surface area contributed by atoms with Crippen LogP contribution in [0.2, 0.25) is 5.02 Å². The molecule has 0 radical (unpaired) electrons. The molecule has 0 aromatic heterocycles. The Morgan fingerprint density at radius 3 is 2.76 bits per heavy atom. The van der Waals surface area contributed by atoms with Gasteiger partial charge in [-0.25, -0.2) is 0 Å². The maximum Gasteiger partial charge on any atom is 0.237 e. The minimum atomic E-state index is 0.0396. The predicted molar refractivity (Wildman–Crippen MR) is 87.8 cm³/mol. The van der Waals surface area contributed by atoms with Gasteiger partial charge in [-0.2, -0.15) is 0 Å². The van der Waals surface area contributed by atoms with Crippen molar-refractivity contribution in [3.05, 3.63) is 34.9 Å². The van der Waals surface area contributed by atoms with Gasteiger partial charge in [0.15, 0.2) is 0 Å². The highest BCUT2D eigenvalue weighted by Crippen LogP contribution is 2.20. The van der Waals surface area contributed by atoms with Crippen LogP contribution < -0.4 is 0 Å². The Labute approximate surface area is 136 Å². The van der Waals surface area contributed by atoms with Crippen molar-refractivity contribution < 1.29 is 4.79 Å². The fourth-order valence-corrected chi connectivity index (χ4v) is 3.23. The summed E-state index contributed by atoms with van der Waals surface area (Å²) in [6.45, 7) is 7.68. The van der Waals surface area contributed by atoms with Gasteiger partial charge in [0.1, 0.15) is 5.88 Å². The van der Waals surface area contributed by atoms with Crippen LogP contribution in [0.25, 0.3) is 0 Å². The molecule has 1 heterocycles. The first-order valence-corrected chi connectivity index (χ1v) is 8.24. The molecular formula is C16H22Cl2N2O. The van der Waals surface area contributed by atoms with Crippen molar-refractivity contribution in [2.75, 3.05) is 25.5 Å². The lowest BCUT2D eigenvalue weighted by Crippen LogP contribution is -2.57. The highest BCUT2D eigenvalue weighted by Gasteiger charge is 2.31. The summed E-state index contributed by atoms with van der Waals surface area (Å²) in [6, 6.07) is 8.18. The molecule has 1 aromatic carbocycles. The Bertz CT molecular complexity index is 493. The van der Waals surface area contributed by atoms with E-state index in [1.54, 1.807) is 0 Å². The Hall–Kier alpha value is -0.770. The first kappa shape index (κ1) is 16.6. The summed E-state index contributed by atoms with van der Waals surface area (Å²) < 4.78 is 0. The topological polar surface area (TPSA) is 23.6 Å². The molecule has 3 nitrogen and oxygen atoms in total. The van der Waals surface area contributed by atoms with Crippen LogP contribution in [0.3, 0.4) is 0 Å². The van der Waals surface area contributed by atoms with Crippen LogP contribution in [0.15, 0.2) is 24.3 Å². The molecule has 0 N–H and O–H groups in total. The first-order chi connectivity index (χ1) is 10.0. The third kappa shape index (κ3) is 4.35. The largest absolute Gasteiger partial charge is 0.336 e. The summed E-state index contributed by atoms with van der Waals surface area (Å²) in [7, 11) is 0. The van der Waals surface area contributed by atoms with Gasteiger partial charge >= 0.3 is 0 Å². The van der Waals surface area contributed by atoms with E-state index in [1.807, 2.05) is 23.1 Å². The molecule has 0 saturated carbocycles. The number of rotatable bonds is 4. The highest BCUT2D eigenvalue weighted by molar-refractivity contribution is 6.30. The Morgan fingerprint density at radius 2 is 2.14 bits per heavy atom. The summed E-state index contributed by atoms with van der Waals surface area (Å²) in [5, 5.41) is 0.767. The van der Waals surface area contributed by atoms with E-state index < -0.39 is 0 Å².